The number of nitrogens with one attached hydrogen (secondary N) is 1. The van der Waals surface area contributed by atoms with E-state index in [0.29, 0.717) is 39.1 Å². The van der Waals surface area contributed by atoms with Gasteiger partial charge in [-0.15, -0.1) is 12.4 Å². The Bertz CT molecular complexity index is 688. The summed E-state index contributed by atoms with van der Waals surface area (Å²) in [6.45, 7) is 3.72. The zero-order chi connectivity index (χ0) is 17.8. The Hall–Kier alpha value is -1.31. The Kier molecular flexibility index (Phi) is 7.71. The number of amides is 1. The maximum absolute atomic E-state index is 12.8. The molecule has 1 heterocycles. The minimum Gasteiger partial charge on any atom is -0.492 e. The molecular formula is C17H27ClN2O4S. The summed E-state index contributed by atoms with van der Waals surface area (Å²) in [6.07, 6.45) is 1.79. The third-order valence-corrected chi connectivity index (χ3v) is 6.54. The first-order chi connectivity index (χ1) is 11.3. The second kappa shape index (κ2) is 8.87. The molecule has 0 bridgehead atoms. The number of aryl methyl sites for hydroxylation is 1. The largest absolute Gasteiger partial charge is 0.492 e. The molecule has 8 heteroatoms. The van der Waals surface area contributed by atoms with E-state index in [9.17, 15) is 13.2 Å². The fraction of sp³-hybridized carbons (Fsp3) is 0.588. The zero-order valence-electron chi connectivity index (χ0n) is 14.9. The Morgan fingerprint density at radius 2 is 1.96 bits per heavy atom. The Labute approximate surface area is 156 Å². The summed E-state index contributed by atoms with van der Waals surface area (Å²) in [5.41, 5.74) is 1.10. The van der Waals surface area contributed by atoms with Gasteiger partial charge in [-0.2, -0.15) is 0 Å². The van der Waals surface area contributed by atoms with Gasteiger partial charge in [-0.1, -0.05) is 12.1 Å². The van der Waals surface area contributed by atoms with Crippen LogP contribution in [-0.2, 0) is 14.6 Å². The van der Waals surface area contributed by atoms with Crippen LogP contribution in [0.1, 0.15) is 18.4 Å². The van der Waals surface area contributed by atoms with Crippen LogP contribution < -0.4 is 10.1 Å². The van der Waals surface area contributed by atoms with Gasteiger partial charge in [0.15, 0.2) is 14.6 Å². The summed E-state index contributed by atoms with van der Waals surface area (Å²) in [5, 5.41) is 3.12. The molecule has 1 fully saturated rings. The monoisotopic (exact) mass is 390 g/mol. The fourth-order valence-electron chi connectivity index (χ4n) is 3.03. The van der Waals surface area contributed by atoms with E-state index in [1.165, 1.54) is 4.90 Å². The Morgan fingerprint density at radius 1 is 1.32 bits per heavy atom. The first-order valence-electron chi connectivity index (χ1n) is 8.12. The number of carbonyl (C=O) groups is 1. The minimum atomic E-state index is -3.49. The predicted octanol–water partition coefficient (Wildman–Crippen LogP) is 1.42. The van der Waals surface area contributed by atoms with Crippen LogP contribution in [-0.4, -0.2) is 63.5 Å². The average Bonchev–Trinajstić information content (AvgIpc) is 2.53. The van der Waals surface area contributed by atoms with Crippen molar-refractivity contribution in [3.8, 4) is 5.75 Å². The number of ether oxygens (including phenoxy) is 1. The van der Waals surface area contributed by atoms with Crippen LogP contribution in [0.3, 0.4) is 0 Å². The molecule has 1 aromatic rings. The third kappa shape index (κ3) is 5.09. The van der Waals surface area contributed by atoms with Crippen molar-refractivity contribution in [2.75, 3.05) is 39.5 Å². The SMILES string of the molecule is Cc1cccc(OCCN(C)C(=O)C2(S(C)(=O)=O)CCNCC2)c1.Cl. The van der Waals surface area contributed by atoms with Crippen LogP contribution in [0.5, 0.6) is 5.75 Å². The van der Waals surface area contributed by atoms with Crippen LogP contribution in [0.15, 0.2) is 24.3 Å². The summed E-state index contributed by atoms with van der Waals surface area (Å²) in [7, 11) is -1.85. The normalized spacial score (nSPS) is 16.6. The van der Waals surface area contributed by atoms with Gasteiger partial charge in [0, 0.05) is 13.3 Å². The molecule has 0 aliphatic carbocycles. The highest BCUT2D eigenvalue weighted by atomic mass is 35.5. The van der Waals surface area contributed by atoms with Gasteiger partial charge in [0.25, 0.3) is 0 Å². The van der Waals surface area contributed by atoms with Crippen LogP contribution in [0.2, 0.25) is 0 Å². The predicted molar refractivity (Wildman–Crippen MR) is 101 cm³/mol. The van der Waals surface area contributed by atoms with Gasteiger partial charge in [0.05, 0.1) is 6.54 Å². The highest BCUT2D eigenvalue weighted by Crippen LogP contribution is 2.29. The van der Waals surface area contributed by atoms with E-state index in [1.807, 2.05) is 31.2 Å². The van der Waals surface area contributed by atoms with Gasteiger partial charge in [-0.05, 0) is 50.6 Å². The van der Waals surface area contributed by atoms with Gasteiger partial charge in [0.1, 0.15) is 12.4 Å². The molecule has 142 valence electrons. The molecule has 25 heavy (non-hydrogen) atoms. The number of hydrogen-bond acceptors (Lipinski definition) is 5. The van der Waals surface area contributed by atoms with Crippen molar-refractivity contribution in [3.63, 3.8) is 0 Å². The van der Waals surface area contributed by atoms with Crippen molar-refractivity contribution in [1.82, 2.24) is 10.2 Å². The topological polar surface area (TPSA) is 75.7 Å². The molecule has 1 amide bonds. The van der Waals surface area contributed by atoms with Gasteiger partial charge in [-0.3, -0.25) is 4.79 Å². The van der Waals surface area contributed by atoms with Crippen molar-refractivity contribution in [3.05, 3.63) is 29.8 Å². The first-order valence-corrected chi connectivity index (χ1v) is 10.0. The zero-order valence-corrected chi connectivity index (χ0v) is 16.6. The number of benzene rings is 1. The van der Waals surface area contributed by atoms with E-state index in [1.54, 1.807) is 7.05 Å². The van der Waals surface area contributed by atoms with Crippen LogP contribution >= 0.6 is 12.4 Å². The quantitative estimate of drug-likeness (QED) is 0.795. The second-order valence-corrected chi connectivity index (χ2v) is 8.73. The van der Waals surface area contributed by atoms with Crippen molar-refractivity contribution in [1.29, 1.82) is 0 Å². The van der Waals surface area contributed by atoms with E-state index >= 15 is 0 Å². The van der Waals surface area contributed by atoms with Gasteiger partial charge >= 0.3 is 0 Å². The number of piperidine rings is 1. The summed E-state index contributed by atoms with van der Waals surface area (Å²) in [6, 6.07) is 7.68. The van der Waals surface area contributed by atoms with Crippen molar-refractivity contribution < 1.29 is 17.9 Å². The number of halogens is 1. The van der Waals surface area contributed by atoms with Gasteiger partial charge < -0.3 is 15.0 Å². The van der Waals surface area contributed by atoms with E-state index in [4.69, 9.17) is 4.74 Å². The first kappa shape index (κ1) is 21.7. The highest BCUT2D eigenvalue weighted by Gasteiger charge is 2.49. The summed E-state index contributed by atoms with van der Waals surface area (Å²) in [5.74, 6) is 0.412. The molecule has 2 rings (SSSR count). The molecule has 1 N–H and O–H groups in total. The molecule has 1 aromatic carbocycles. The van der Waals surface area contributed by atoms with Gasteiger partial charge in [-0.25, -0.2) is 8.42 Å². The summed E-state index contributed by atoms with van der Waals surface area (Å²) < 4.78 is 28.9. The van der Waals surface area contributed by atoms with Crippen molar-refractivity contribution in [2.24, 2.45) is 0 Å². The Balaban J connectivity index is 0.00000312. The molecule has 1 aliphatic rings. The Morgan fingerprint density at radius 3 is 2.52 bits per heavy atom. The van der Waals surface area contributed by atoms with Crippen molar-refractivity contribution in [2.45, 2.75) is 24.5 Å². The lowest BCUT2D eigenvalue weighted by Gasteiger charge is -2.37. The lowest BCUT2D eigenvalue weighted by molar-refractivity contribution is -0.133. The average molecular weight is 391 g/mol. The molecule has 0 spiro atoms. The number of likely N-dealkylation sites (N-methyl/N-ethyl adjacent to an activating group) is 1. The number of sulfone groups is 1. The molecule has 0 atom stereocenters. The molecule has 1 saturated heterocycles. The van der Waals surface area contributed by atoms with Crippen molar-refractivity contribution >= 4 is 28.2 Å². The van der Waals surface area contributed by atoms with Crippen LogP contribution in [0.25, 0.3) is 0 Å². The van der Waals surface area contributed by atoms with Crippen LogP contribution in [0, 0.1) is 6.92 Å². The van der Waals surface area contributed by atoms with E-state index in [2.05, 4.69) is 5.32 Å². The second-order valence-electron chi connectivity index (χ2n) is 6.41. The van der Waals surface area contributed by atoms with E-state index in [0.717, 1.165) is 17.6 Å². The van der Waals surface area contributed by atoms with Crippen LogP contribution in [0.4, 0.5) is 0 Å². The van der Waals surface area contributed by atoms with E-state index < -0.39 is 14.6 Å². The number of hydrogen-bond donors (Lipinski definition) is 1. The lowest BCUT2D eigenvalue weighted by atomic mass is 9.95. The highest BCUT2D eigenvalue weighted by molar-refractivity contribution is 7.92. The standard InChI is InChI=1S/C17H26N2O4S.ClH/c1-14-5-4-6-15(13-14)23-12-11-19(2)16(20)17(24(3,21)22)7-9-18-10-8-17;/h4-6,13,18H,7-12H2,1-3H3;1H. The smallest absolute Gasteiger partial charge is 0.243 e. The summed E-state index contributed by atoms with van der Waals surface area (Å²) >= 11 is 0. The molecule has 0 radical (unpaired) electrons. The number of carbonyl (C=O) groups excluding carboxylic acids is 1. The van der Waals surface area contributed by atoms with Gasteiger partial charge in [0.2, 0.25) is 5.91 Å². The molecular weight excluding hydrogens is 364 g/mol. The molecule has 6 nitrogen and oxygen atoms in total. The molecule has 0 unspecified atom stereocenters. The molecule has 0 saturated carbocycles. The lowest BCUT2D eigenvalue weighted by Crippen LogP contribution is -2.57. The maximum atomic E-state index is 12.8. The minimum absolute atomic E-state index is 0. The fourth-order valence-corrected chi connectivity index (χ4v) is 4.45. The summed E-state index contributed by atoms with van der Waals surface area (Å²) in [4.78, 5) is 14.3. The maximum Gasteiger partial charge on any atom is 0.243 e. The third-order valence-electron chi connectivity index (χ3n) is 4.54. The van der Waals surface area contributed by atoms with E-state index in [-0.39, 0.29) is 18.3 Å². The number of nitrogens with zero attached hydrogens (tertiary/aromatic N) is 1. The molecule has 1 aliphatic heterocycles. The molecule has 0 aromatic heterocycles. The number of rotatable bonds is 6.